The van der Waals surface area contributed by atoms with Gasteiger partial charge in [0.15, 0.2) is 0 Å². The molecule has 1 aromatic rings. The topological polar surface area (TPSA) is 68.0 Å². The van der Waals surface area contributed by atoms with E-state index < -0.39 is 10.8 Å². The number of anilines is 2. The Morgan fingerprint density at radius 3 is 2.93 bits per heavy atom. The summed E-state index contributed by atoms with van der Waals surface area (Å²) in [5.74, 6) is 1.28. The minimum absolute atomic E-state index is 0.606. The molecule has 0 spiro atoms. The van der Waals surface area contributed by atoms with E-state index in [2.05, 4.69) is 10.3 Å². The van der Waals surface area contributed by atoms with Gasteiger partial charge in [0.05, 0.1) is 5.69 Å². The Labute approximate surface area is 86.4 Å². The minimum Gasteiger partial charge on any atom is -0.396 e. The highest BCUT2D eigenvalue weighted by Crippen LogP contribution is 2.14. The SMILES string of the molecule is Cc1ccc(N)c(NCCS(C)=O)n1. The van der Waals surface area contributed by atoms with Crippen molar-refractivity contribution in [1.82, 2.24) is 4.98 Å². The molecule has 0 aromatic carbocycles. The molecule has 5 heteroatoms. The highest BCUT2D eigenvalue weighted by Gasteiger charge is 2.00. The lowest BCUT2D eigenvalue weighted by atomic mass is 10.3. The smallest absolute Gasteiger partial charge is 0.149 e. The number of nitrogens with zero attached hydrogens (tertiary/aromatic N) is 1. The van der Waals surface area contributed by atoms with Crippen LogP contribution in [-0.2, 0) is 10.8 Å². The Hall–Kier alpha value is -1.10. The van der Waals surface area contributed by atoms with Crippen LogP contribution in [0, 0.1) is 6.92 Å². The van der Waals surface area contributed by atoms with Gasteiger partial charge in [-0.3, -0.25) is 4.21 Å². The molecule has 1 heterocycles. The first-order valence-corrected chi connectivity index (χ1v) is 6.09. The molecule has 0 aliphatic carbocycles. The van der Waals surface area contributed by atoms with E-state index in [1.54, 1.807) is 6.26 Å². The molecule has 0 bridgehead atoms. The maximum atomic E-state index is 10.8. The quantitative estimate of drug-likeness (QED) is 0.775. The molecule has 4 nitrogen and oxygen atoms in total. The maximum Gasteiger partial charge on any atom is 0.149 e. The van der Waals surface area contributed by atoms with E-state index in [1.807, 2.05) is 19.1 Å². The zero-order valence-corrected chi connectivity index (χ0v) is 9.23. The fraction of sp³-hybridized carbons (Fsp3) is 0.444. The summed E-state index contributed by atoms with van der Waals surface area (Å²) in [7, 11) is -0.782. The van der Waals surface area contributed by atoms with E-state index in [-0.39, 0.29) is 0 Å². The molecule has 0 radical (unpaired) electrons. The number of nitrogens with two attached hydrogens (primary N) is 1. The molecule has 0 amide bonds. The third-order valence-corrected chi connectivity index (χ3v) is 2.53. The Morgan fingerprint density at radius 2 is 2.29 bits per heavy atom. The molecule has 0 fully saturated rings. The van der Waals surface area contributed by atoms with Gasteiger partial charge in [0.25, 0.3) is 0 Å². The Bertz CT molecular complexity index is 341. The van der Waals surface area contributed by atoms with Gasteiger partial charge in [-0.1, -0.05) is 0 Å². The van der Waals surface area contributed by atoms with Gasteiger partial charge in [0.1, 0.15) is 5.82 Å². The van der Waals surface area contributed by atoms with Gasteiger partial charge in [-0.15, -0.1) is 0 Å². The fourth-order valence-electron chi connectivity index (χ4n) is 1.02. The lowest BCUT2D eigenvalue weighted by molar-refractivity contribution is 0.687. The first kappa shape index (κ1) is 11.0. The number of nitrogen functional groups attached to an aromatic ring is 1. The second-order valence-electron chi connectivity index (χ2n) is 3.09. The number of rotatable bonds is 4. The van der Waals surface area contributed by atoms with Crippen LogP contribution in [0.5, 0.6) is 0 Å². The molecule has 14 heavy (non-hydrogen) atoms. The van der Waals surface area contributed by atoms with Crippen molar-refractivity contribution in [3.63, 3.8) is 0 Å². The monoisotopic (exact) mass is 213 g/mol. The third kappa shape index (κ3) is 3.33. The van der Waals surface area contributed by atoms with Gasteiger partial charge in [0.2, 0.25) is 0 Å². The average molecular weight is 213 g/mol. The van der Waals surface area contributed by atoms with Crippen molar-refractivity contribution in [2.45, 2.75) is 6.92 Å². The van der Waals surface area contributed by atoms with Crippen LogP contribution in [0.25, 0.3) is 0 Å². The molecular weight excluding hydrogens is 198 g/mol. The van der Waals surface area contributed by atoms with E-state index in [9.17, 15) is 4.21 Å². The standard InChI is InChI=1S/C9H15N3OS/c1-7-3-4-8(10)9(12-7)11-5-6-14(2)13/h3-4H,5-6,10H2,1-2H3,(H,11,12). The lowest BCUT2D eigenvalue weighted by Crippen LogP contribution is -2.12. The number of hydrogen-bond donors (Lipinski definition) is 2. The van der Waals surface area contributed by atoms with Crippen LogP contribution in [0.1, 0.15) is 5.69 Å². The molecule has 0 saturated heterocycles. The second kappa shape index (κ2) is 4.95. The summed E-state index contributed by atoms with van der Waals surface area (Å²) in [6.07, 6.45) is 1.68. The van der Waals surface area contributed by atoms with Gasteiger partial charge >= 0.3 is 0 Å². The minimum atomic E-state index is -0.782. The predicted molar refractivity (Wildman–Crippen MR) is 60.8 cm³/mol. The summed E-state index contributed by atoms with van der Waals surface area (Å²) in [5, 5.41) is 3.06. The number of aromatic nitrogens is 1. The van der Waals surface area contributed by atoms with Crippen molar-refractivity contribution in [2.24, 2.45) is 0 Å². The van der Waals surface area contributed by atoms with E-state index in [1.165, 1.54) is 0 Å². The van der Waals surface area contributed by atoms with Crippen LogP contribution in [-0.4, -0.2) is 27.7 Å². The van der Waals surface area contributed by atoms with Crippen molar-refractivity contribution in [1.29, 1.82) is 0 Å². The molecule has 0 saturated carbocycles. The number of pyridine rings is 1. The molecule has 78 valence electrons. The Balaban J connectivity index is 2.57. The Kier molecular flexibility index (Phi) is 3.88. The zero-order valence-electron chi connectivity index (χ0n) is 8.41. The second-order valence-corrected chi connectivity index (χ2v) is 4.65. The van der Waals surface area contributed by atoms with E-state index in [0.717, 1.165) is 5.69 Å². The summed E-state index contributed by atoms with van der Waals surface area (Å²) in [5.41, 5.74) is 7.24. The average Bonchev–Trinajstić information content (AvgIpc) is 2.10. The first-order chi connectivity index (χ1) is 6.59. The zero-order chi connectivity index (χ0) is 10.6. The molecule has 1 rings (SSSR count). The lowest BCUT2D eigenvalue weighted by Gasteiger charge is -2.07. The van der Waals surface area contributed by atoms with Crippen molar-refractivity contribution < 1.29 is 4.21 Å². The van der Waals surface area contributed by atoms with Crippen LogP contribution in [0.15, 0.2) is 12.1 Å². The number of nitrogens with one attached hydrogen (secondary N) is 1. The van der Waals surface area contributed by atoms with E-state index in [4.69, 9.17) is 5.73 Å². The van der Waals surface area contributed by atoms with Crippen LogP contribution in [0.3, 0.4) is 0 Å². The largest absolute Gasteiger partial charge is 0.396 e. The van der Waals surface area contributed by atoms with Crippen LogP contribution >= 0.6 is 0 Å². The van der Waals surface area contributed by atoms with Crippen molar-refractivity contribution in [3.8, 4) is 0 Å². The van der Waals surface area contributed by atoms with Crippen molar-refractivity contribution >= 4 is 22.3 Å². The molecule has 0 aliphatic heterocycles. The van der Waals surface area contributed by atoms with Crippen LogP contribution < -0.4 is 11.1 Å². The van der Waals surface area contributed by atoms with Crippen LogP contribution in [0.2, 0.25) is 0 Å². The van der Waals surface area contributed by atoms with Crippen molar-refractivity contribution in [2.75, 3.05) is 29.6 Å². The van der Waals surface area contributed by atoms with Gasteiger partial charge in [-0.2, -0.15) is 0 Å². The molecular formula is C9H15N3OS. The summed E-state index contributed by atoms with van der Waals surface area (Å²) in [6, 6.07) is 3.67. The predicted octanol–water partition coefficient (Wildman–Crippen LogP) is 0.763. The fourth-order valence-corrected chi connectivity index (χ4v) is 1.41. The highest BCUT2D eigenvalue weighted by molar-refractivity contribution is 7.84. The summed E-state index contributed by atoms with van der Waals surface area (Å²) in [6.45, 7) is 2.53. The van der Waals surface area contributed by atoms with Gasteiger partial charge < -0.3 is 11.1 Å². The number of aryl methyl sites for hydroxylation is 1. The molecule has 1 unspecified atom stereocenters. The molecule has 3 N–H and O–H groups in total. The van der Waals surface area contributed by atoms with Crippen molar-refractivity contribution in [3.05, 3.63) is 17.8 Å². The van der Waals surface area contributed by atoms with Gasteiger partial charge in [-0.25, -0.2) is 4.98 Å². The summed E-state index contributed by atoms with van der Waals surface area (Å²) < 4.78 is 10.8. The normalized spacial score (nSPS) is 12.4. The van der Waals surface area contributed by atoms with E-state index >= 15 is 0 Å². The van der Waals surface area contributed by atoms with Gasteiger partial charge in [-0.05, 0) is 19.1 Å². The first-order valence-electron chi connectivity index (χ1n) is 4.36. The van der Waals surface area contributed by atoms with Gasteiger partial charge in [0, 0.05) is 35.0 Å². The summed E-state index contributed by atoms with van der Waals surface area (Å²) >= 11 is 0. The molecule has 1 aromatic heterocycles. The Morgan fingerprint density at radius 1 is 1.57 bits per heavy atom. The maximum absolute atomic E-state index is 10.8. The number of hydrogen-bond acceptors (Lipinski definition) is 4. The third-order valence-electron chi connectivity index (χ3n) is 1.75. The van der Waals surface area contributed by atoms with Crippen LogP contribution in [0.4, 0.5) is 11.5 Å². The summed E-state index contributed by atoms with van der Waals surface area (Å²) in [4.78, 5) is 4.23. The van der Waals surface area contributed by atoms with E-state index in [0.29, 0.717) is 23.8 Å². The highest BCUT2D eigenvalue weighted by atomic mass is 32.2. The molecule has 0 aliphatic rings. The molecule has 1 atom stereocenters.